The molecular formula is C19H29IN4O7. The van der Waals surface area contributed by atoms with Crippen molar-refractivity contribution in [3.8, 4) is 0 Å². The molecule has 0 aromatic rings. The lowest BCUT2D eigenvalue weighted by Crippen LogP contribution is -2.56. The third-order valence-electron chi connectivity index (χ3n) is 4.87. The number of aliphatic hydroxyl groups is 1. The van der Waals surface area contributed by atoms with Crippen molar-refractivity contribution in [1.82, 2.24) is 18.9 Å². The van der Waals surface area contributed by atoms with Crippen molar-refractivity contribution in [3.63, 3.8) is 0 Å². The Kier molecular flexibility index (Phi) is 7.79. The minimum Gasteiger partial charge on any atom is -0.464 e. The van der Waals surface area contributed by atoms with Crippen LogP contribution in [0.3, 0.4) is 0 Å². The Bertz CT molecular complexity index is 756. The average Bonchev–Trinajstić information content (AvgIpc) is 3.22. The maximum atomic E-state index is 13.0. The Labute approximate surface area is 194 Å². The highest BCUT2D eigenvalue weighted by Crippen LogP contribution is 2.45. The van der Waals surface area contributed by atoms with Crippen LogP contribution < -0.4 is 10.7 Å². The van der Waals surface area contributed by atoms with Gasteiger partial charge >= 0.3 is 18.1 Å². The van der Waals surface area contributed by atoms with E-state index in [1.54, 1.807) is 56.6 Å². The van der Waals surface area contributed by atoms with Crippen LogP contribution in [0.2, 0.25) is 0 Å². The number of carbonyl (C=O) groups is 4. The van der Waals surface area contributed by atoms with Crippen LogP contribution >= 0.6 is 22.9 Å². The average molecular weight is 552 g/mol. The first kappa shape index (κ1) is 25.2. The Morgan fingerprint density at radius 2 is 2.00 bits per heavy atom. The number of hydrazine groups is 1. The second-order valence-corrected chi connectivity index (χ2v) is 9.43. The molecule has 1 saturated heterocycles. The number of hydrogen-bond acceptors (Lipinski definition) is 7. The zero-order valence-corrected chi connectivity index (χ0v) is 20.2. The first-order chi connectivity index (χ1) is 14.3. The van der Waals surface area contributed by atoms with Crippen molar-refractivity contribution in [1.29, 1.82) is 0 Å². The summed E-state index contributed by atoms with van der Waals surface area (Å²) in [6.07, 6.45) is 0.138. The molecule has 1 saturated carbocycles. The number of ether oxygens (including phenoxy) is 2. The van der Waals surface area contributed by atoms with E-state index in [0.717, 1.165) is 8.12 Å². The largest absolute Gasteiger partial charge is 0.464 e. The fraction of sp³-hybridized carbons (Fsp3) is 0.684. The number of halogens is 1. The zero-order chi connectivity index (χ0) is 23.6. The lowest BCUT2D eigenvalue weighted by atomic mass is 10.1. The van der Waals surface area contributed by atoms with E-state index in [0.29, 0.717) is 6.42 Å². The smallest absolute Gasteiger partial charge is 0.427 e. The van der Waals surface area contributed by atoms with E-state index in [4.69, 9.17) is 9.47 Å². The van der Waals surface area contributed by atoms with Gasteiger partial charge in [0.2, 0.25) is 5.91 Å². The van der Waals surface area contributed by atoms with Crippen LogP contribution in [0.4, 0.5) is 9.59 Å². The number of β-amino-alcohol motifs (C(OH)–C–C–N with tert-alkyl or cyclic N) is 1. The maximum Gasteiger partial charge on any atom is 0.427 e. The molecule has 1 aliphatic heterocycles. The fourth-order valence-corrected chi connectivity index (χ4v) is 3.85. The Balaban J connectivity index is 2.08. The summed E-state index contributed by atoms with van der Waals surface area (Å²) < 4.78 is 11.0. The van der Waals surface area contributed by atoms with Gasteiger partial charge in [0.25, 0.3) is 0 Å². The van der Waals surface area contributed by atoms with Crippen molar-refractivity contribution in [2.24, 2.45) is 5.92 Å². The van der Waals surface area contributed by atoms with E-state index in [9.17, 15) is 24.3 Å². The molecule has 4 atom stereocenters. The molecule has 174 valence electrons. The standard InChI is InChI=1S/C19H29IN4O7/c1-6-11-9-19(11,15(27)30-7-2)21-14(26)13-8-12(25)10-23(13)17(29)24(20)22-16(28)31-18(3,4)5/h6,11-13,25H,1,7-10H2,2-5H3,(H,21,26)(H,22,28)/t11-,12+,13+,19-/m1/s1. The van der Waals surface area contributed by atoms with Crippen molar-refractivity contribution in [2.45, 2.75) is 63.8 Å². The number of rotatable bonds is 5. The molecule has 0 unspecified atom stereocenters. The van der Waals surface area contributed by atoms with Gasteiger partial charge in [0.15, 0.2) is 0 Å². The SMILES string of the molecule is C=C[C@@H]1C[C@]1(NC(=O)[C@@H]1C[C@H](O)CN1C(=O)N(I)NC(=O)OC(C)(C)C)C(=O)OCC. The third-order valence-corrected chi connectivity index (χ3v) is 5.52. The molecule has 1 heterocycles. The van der Waals surface area contributed by atoms with Crippen molar-refractivity contribution in [2.75, 3.05) is 13.2 Å². The first-order valence-corrected chi connectivity index (χ1v) is 10.9. The molecule has 0 spiro atoms. The van der Waals surface area contributed by atoms with Crippen LogP contribution in [0.1, 0.15) is 40.5 Å². The van der Waals surface area contributed by atoms with Gasteiger partial charge in [-0.2, -0.15) is 3.22 Å². The molecule has 0 radical (unpaired) electrons. The van der Waals surface area contributed by atoms with Crippen LogP contribution in [0.5, 0.6) is 0 Å². The van der Waals surface area contributed by atoms with Gasteiger partial charge in [-0.05, 0) is 34.1 Å². The molecule has 2 aliphatic rings. The van der Waals surface area contributed by atoms with Crippen molar-refractivity contribution in [3.05, 3.63) is 12.7 Å². The summed E-state index contributed by atoms with van der Waals surface area (Å²) in [5.74, 6) is -1.43. The van der Waals surface area contributed by atoms with Gasteiger partial charge in [-0.1, -0.05) is 6.08 Å². The summed E-state index contributed by atoms with van der Waals surface area (Å²) in [5, 5.41) is 12.8. The second kappa shape index (κ2) is 9.59. The van der Waals surface area contributed by atoms with E-state index in [1.165, 1.54) is 0 Å². The molecule has 2 fully saturated rings. The molecule has 12 heteroatoms. The quantitative estimate of drug-likeness (QED) is 0.154. The van der Waals surface area contributed by atoms with Crippen molar-refractivity contribution < 1.29 is 33.8 Å². The third kappa shape index (κ3) is 5.99. The maximum absolute atomic E-state index is 13.0. The van der Waals surface area contributed by atoms with Crippen LogP contribution in [-0.2, 0) is 19.1 Å². The molecule has 1 aliphatic carbocycles. The molecular weight excluding hydrogens is 523 g/mol. The summed E-state index contributed by atoms with van der Waals surface area (Å²) >= 11 is 1.57. The number of nitrogens with zero attached hydrogens (tertiary/aromatic N) is 2. The highest BCUT2D eigenvalue weighted by Gasteiger charge is 2.62. The zero-order valence-electron chi connectivity index (χ0n) is 18.0. The van der Waals surface area contributed by atoms with E-state index >= 15 is 0 Å². The number of aliphatic hydroxyl groups excluding tert-OH is 1. The first-order valence-electron chi connectivity index (χ1n) is 9.90. The fourth-order valence-electron chi connectivity index (χ4n) is 3.38. The van der Waals surface area contributed by atoms with Gasteiger partial charge in [-0.15, -0.1) is 6.58 Å². The number of urea groups is 1. The normalized spacial score (nSPS) is 27.2. The van der Waals surface area contributed by atoms with Gasteiger partial charge < -0.3 is 24.8 Å². The van der Waals surface area contributed by atoms with Crippen LogP contribution in [0.25, 0.3) is 0 Å². The van der Waals surface area contributed by atoms with Crippen LogP contribution in [-0.4, -0.2) is 73.7 Å². The summed E-state index contributed by atoms with van der Waals surface area (Å²) in [5.41, 5.74) is 0.294. The molecule has 0 aromatic heterocycles. The number of nitrogens with one attached hydrogen (secondary N) is 2. The van der Waals surface area contributed by atoms with Gasteiger partial charge in [0.1, 0.15) is 17.2 Å². The molecule has 4 amide bonds. The van der Waals surface area contributed by atoms with Crippen LogP contribution in [0.15, 0.2) is 12.7 Å². The Hall–Kier alpha value is -2.09. The molecule has 0 bridgehead atoms. The summed E-state index contributed by atoms with van der Waals surface area (Å²) in [4.78, 5) is 51.2. The van der Waals surface area contributed by atoms with Gasteiger partial charge in [-0.25, -0.2) is 19.8 Å². The second-order valence-electron chi connectivity index (χ2n) is 8.46. The minimum atomic E-state index is -1.21. The number of esters is 1. The predicted octanol–water partition coefficient (Wildman–Crippen LogP) is 1.26. The Morgan fingerprint density at radius 1 is 1.35 bits per heavy atom. The minimum absolute atomic E-state index is 0.00779. The van der Waals surface area contributed by atoms with E-state index < -0.39 is 47.3 Å². The van der Waals surface area contributed by atoms with Gasteiger partial charge in [0.05, 0.1) is 35.6 Å². The highest BCUT2D eigenvalue weighted by atomic mass is 127. The monoisotopic (exact) mass is 552 g/mol. The van der Waals surface area contributed by atoms with Crippen LogP contribution in [0, 0.1) is 5.92 Å². The number of hydrogen-bond donors (Lipinski definition) is 3. The van der Waals surface area contributed by atoms with Gasteiger partial charge in [-0.3, -0.25) is 4.79 Å². The van der Waals surface area contributed by atoms with Gasteiger partial charge in [0, 0.05) is 18.9 Å². The summed E-state index contributed by atoms with van der Waals surface area (Å²) in [6, 6.07) is -1.75. The molecule has 11 nitrogen and oxygen atoms in total. The van der Waals surface area contributed by atoms with Crippen molar-refractivity contribution >= 4 is 46.9 Å². The molecule has 3 N–H and O–H groups in total. The Morgan fingerprint density at radius 3 is 2.52 bits per heavy atom. The number of amides is 4. The lowest BCUT2D eigenvalue weighted by molar-refractivity contribution is -0.149. The highest BCUT2D eigenvalue weighted by molar-refractivity contribution is 14.1. The number of carbonyl (C=O) groups excluding carboxylic acids is 4. The molecule has 0 aromatic carbocycles. The summed E-state index contributed by atoms with van der Waals surface area (Å²) in [6.45, 7) is 10.4. The van der Waals surface area contributed by atoms with E-state index in [-0.39, 0.29) is 25.5 Å². The lowest BCUT2D eigenvalue weighted by Gasteiger charge is -2.29. The molecule has 31 heavy (non-hydrogen) atoms. The molecule has 2 rings (SSSR count). The summed E-state index contributed by atoms with van der Waals surface area (Å²) in [7, 11) is 0. The van der Waals surface area contributed by atoms with E-state index in [2.05, 4.69) is 17.3 Å². The number of likely N-dealkylation sites (tertiary alicyclic amines) is 1. The topological polar surface area (TPSA) is 138 Å². The predicted molar refractivity (Wildman–Crippen MR) is 118 cm³/mol. The van der Waals surface area contributed by atoms with E-state index in [1.807, 2.05) is 0 Å².